The van der Waals surface area contributed by atoms with E-state index in [-0.39, 0.29) is 49.8 Å². The van der Waals surface area contributed by atoms with Gasteiger partial charge in [-0.15, -0.1) is 0 Å². The maximum atomic E-state index is 12.7. The summed E-state index contributed by atoms with van der Waals surface area (Å²) in [5.41, 5.74) is 0. The van der Waals surface area contributed by atoms with Gasteiger partial charge in [-0.25, -0.2) is 4.98 Å². The summed E-state index contributed by atoms with van der Waals surface area (Å²) >= 11 is 0. The Kier molecular flexibility index (Phi) is 7.96. The molecule has 3 heterocycles. The van der Waals surface area contributed by atoms with Crippen molar-refractivity contribution in [1.29, 1.82) is 0 Å². The number of carbonyl (C=O) groups is 3. The first-order chi connectivity index (χ1) is 14.6. The third-order valence-electron chi connectivity index (χ3n) is 4.67. The molecule has 3 amide bonds. The van der Waals surface area contributed by atoms with E-state index in [2.05, 4.69) is 15.6 Å². The number of amides is 3. The maximum Gasteiger partial charge on any atom is 0.240 e. The Morgan fingerprint density at radius 3 is 2.73 bits per heavy atom. The number of hydrogen-bond donors (Lipinski definition) is 2. The first-order valence-electron chi connectivity index (χ1n) is 9.99. The molecule has 9 nitrogen and oxygen atoms in total. The van der Waals surface area contributed by atoms with Crippen LogP contribution in [0.25, 0.3) is 0 Å². The van der Waals surface area contributed by atoms with Gasteiger partial charge in [-0.2, -0.15) is 0 Å². The smallest absolute Gasteiger partial charge is 0.240 e. The van der Waals surface area contributed by atoms with E-state index in [1.165, 1.54) is 11.2 Å². The molecule has 2 N–H and O–H groups in total. The molecular formula is C21H26N4O5. The largest absolute Gasteiger partial charge is 0.467 e. The molecule has 0 aromatic carbocycles. The second-order valence-electron chi connectivity index (χ2n) is 7.03. The summed E-state index contributed by atoms with van der Waals surface area (Å²) in [6.07, 6.45) is 4.80. The van der Waals surface area contributed by atoms with E-state index >= 15 is 0 Å². The van der Waals surface area contributed by atoms with Gasteiger partial charge in [0.1, 0.15) is 11.6 Å². The Bertz CT molecular complexity index is 819. The molecule has 1 fully saturated rings. The predicted octanol–water partition coefficient (Wildman–Crippen LogP) is 1.72. The third-order valence-corrected chi connectivity index (χ3v) is 4.67. The fourth-order valence-corrected chi connectivity index (χ4v) is 3.14. The summed E-state index contributed by atoms with van der Waals surface area (Å²) in [4.78, 5) is 42.7. The number of furan rings is 1. The second-order valence-corrected chi connectivity index (χ2v) is 7.03. The van der Waals surface area contributed by atoms with Gasteiger partial charge >= 0.3 is 0 Å². The minimum absolute atomic E-state index is 0.00312. The second kappa shape index (κ2) is 11.1. The van der Waals surface area contributed by atoms with E-state index in [0.29, 0.717) is 24.7 Å². The highest BCUT2D eigenvalue weighted by atomic mass is 16.5. The van der Waals surface area contributed by atoms with Crippen molar-refractivity contribution in [1.82, 2.24) is 15.2 Å². The molecule has 1 atom stereocenters. The molecule has 0 bridgehead atoms. The van der Waals surface area contributed by atoms with Crippen molar-refractivity contribution in [2.45, 2.75) is 38.3 Å². The Balaban J connectivity index is 1.50. The molecule has 0 unspecified atom stereocenters. The van der Waals surface area contributed by atoms with Crippen molar-refractivity contribution in [3.05, 3.63) is 48.6 Å². The summed E-state index contributed by atoms with van der Waals surface area (Å²) in [5.74, 6) is 0.196. The molecule has 0 radical (unpaired) electrons. The molecule has 2 aromatic rings. The zero-order valence-corrected chi connectivity index (χ0v) is 16.7. The zero-order chi connectivity index (χ0) is 21.2. The fourth-order valence-electron chi connectivity index (χ4n) is 3.14. The SMILES string of the molecule is O=C(CN(C[C@H]1CCCO1)C(=O)CCC(=O)Nc1ccccn1)NCc1ccco1. The van der Waals surface area contributed by atoms with Gasteiger partial charge in [0.15, 0.2) is 0 Å². The van der Waals surface area contributed by atoms with Crippen LogP contribution in [0, 0.1) is 0 Å². The molecule has 2 aromatic heterocycles. The summed E-state index contributed by atoms with van der Waals surface area (Å²) < 4.78 is 10.8. The first kappa shape index (κ1) is 21.5. The lowest BCUT2D eigenvalue weighted by atomic mass is 10.2. The van der Waals surface area contributed by atoms with E-state index in [1.807, 2.05) is 0 Å². The standard InChI is InChI=1S/C21H26N4O5/c26-19(24-18-7-1-2-10-22-18)8-9-21(28)25(14-17-6-4-12-30-17)15-20(27)23-13-16-5-3-11-29-16/h1-3,5,7,10-11,17H,4,6,8-9,12-15H2,(H,23,27)(H,22,24,26)/t17-/m1/s1. The zero-order valence-electron chi connectivity index (χ0n) is 16.7. The molecular weight excluding hydrogens is 388 g/mol. The van der Waals surface area contributed by atoms with Gasteiger partial charge in [0.05, 0.1) is 25.5 Å². The normalized spacial score (nSPS) is 15.5. The van der Waals surface area contributed by atoms with Crippen LogP contribution >= 0.6 is 0 Å². The van der Waals surface area contributed by atoms with Crippen molar-refractivity contribution in [3.63, 3.8) is 0 Å². The van der Waals surface area contributed by atoms with Crippen molar-refractivity contribution in [2.75, 3.05) is 25.0 Å². The monoisotopic (exact) mass is 414 g/mol. The number of ether oxygens (including phenoxy) is 1. The van der Waals surface area contributed by atoms with Crippen LogP contribution < -0.4 is 10.6 Å². The average molecular weight is 414 g/mol. The molecule has 1 aliphatic heterocycles. The summed E-state index contributed by atoms with van der Waals surface area (Å²) in [5, 5.41) is 5.39. The number of carbonyl (C=O) groups excluding carboxylic acids is 3. The van der Waals surface area contributed by atoms with Crippen LogP contribution in [0.1, 0.15) is 31.4 Å². The Labute approximate surface area is 174 Å². The van der Waals surface area contributed by atoms with Gasteiger partial charge in [-0.1, -0.05) is 6.07 Å². The summed E-state index contributed by atoms with van der Waals surface area (Å²) in [6.45, 7) is 1.14. The van der Waals surface area contributed by atoms with Gasteiger partial charge in [0.25, 0.3) is 0 Å². The third kappa shape index (κ3) is 7.00. The van der Waals surface area contributed by atoms with Crippen LogP contribution in [0.3, 0.4) is 0 Å². The lowest BCUT2D eigenvalue weighted by molar-refractivity contribution is -0.138. The van der Waals surface area contributed by atoms with E-state index in [0.717, 1.165) is 12.8 Å². The number of pyridine rings is 1. The van der Waals surface area contributed by atoms with E-state index < -0.39 is 0 Å². The van der Waals surface area contributed by atoms with Crippen LogP contribution in [-0.2, 0) is 25.7 Å². The van der Waals surface area contributed by atoms with Crippen molar-refractivity contribution in [2.24, 2.45) is 0 Å². The highest BCUT2D eigenvalue weighted by molar-refractivity contribution is 5.93. The molecule has 160 valence electrons. The van der Waals surface area contributed by atoms with Crippen molar-refractivity contribution < 1.29 is 23.5 Å². The molecule has 1 aliphatic rings. The quantitative estimate of drug-likeness (QED) is 0.612. The molecule has 1 saturated heterocycles. The van der Waals surface area contributed by atoms with Crippen LogP contribution in [0.15, 0.2) is 47.2 Å². The number of nitrogens with zero attached hydrogens (tertiary/aromatic N) is 2. The summed E-state index contributed by atoms with van der Waals surface area (Å²) in [7, 11) is 0. The van der Waals surface area contributed by atoms with Gasteiger partial charge in [-0.05, 0) is 37.1 Å². The maximum absolute atomic E-state index is 12.7. The van der Waals surface area contributed by atoms with Crippen molar-refractivity contribution in [3.8, 4) is 0 Å². The highest BCUT2D eigenvalue weighted by Crippen LogP contribution is 2.14. The fraction of sp³-hybridized carbons (Fsp3) is 0.429. The van der Waals surface area contributed by atoms with Gasteiger partial charge < -0.3 is 24.7 Å². The number of aromatic nitrogens is 1. The first-order valence-corrected chi connectivity index (χ1v) is 9.99. The van der Waals surface area contributed by atoms with Crippen LogP contribution in [-0.4, -0.2) is 53.4 Å². The van der Waals surface area contributed by atoms with Crippen LogP contribution in [0.5, 0.6) is 0 Å². The van der Waals surface area contributed by atoms with Gasteiger partial charge in [0, 0.05) is 32.2 Å². The molecule has 0 aliphatic carbocycles. The molecule has 0 spiro atoms. The highest BCUT2D eigenvalue weighted by Gasteiger charge is 2.24. The predicted molar refractivity (Wildman–Crippen MR) is 108 cm³/mol. The van der Waals surface area contributed by atoms with Crippen LogP contribution in [0.2, 0.25) is 0 Å². The van der Waals surface area contributed by atoms with Gasteiger partial charge in [0.2, 0.25) is 17.7 Å². The minimum atomic E-state index is -0.304. The number of nitrogens with one attached hydrogen (secondary N) is 2. The van der Waals surface area contributed by atoms with E-state index in [9.17, 15) is 14.4 Å². The molecule has 9 heteroatoms. The average Bonchev–Trinajstić information content (AvgIpc) is 3.45. The lowest BCUT2D eigenvalue weighted by Gasteiger charge is -2.25. The van der Waals surface area contributed by atoms with Crippen LogP contribution in [0.4, 0.5) is 5.82 Å². The van der Waals surface area contributed by atoms with E-state index in [1.54, 1.807) is 36.5 Å². The molecule has 0 saturated carbocycles. The number of rotatable bonds is 10. The topological polar surface area (TPSA) is 114 Å². The van der Waals surface area contributed by atoms with Gasteiger partial charge in [-0.3, -0.25) is 14.4 Å². The molecule has 3 rings (SSSR count). The summed E-state index contributed by atoms with van der Waals surface area (Å²) in [6, 6.07) is 8.69. The molecule has 30 heavy (non-hydrogen) atoms. The minimum Gasteiger partial charge on any atom is -0.467 e. The number of hydrogen-bond acceptors (Lipinski definition) is 6. The Morgan fingerprint density at radius 2 is 2.03 bits per heavy atom. The Morgan fingerprint density at radius 1 is 1.13 bits per heavy atom. The Hall–Kier alpha value is -3.20. The van der Waals surface area contributed by atoms with E-state index in [4.69, 9.17) is 9.15 Å². The number of anilines is 1. The lowest BCUT2D eigenvalue weighted by Crippen LogP contribution is -2.44. The van der Waals surface area contributed by atoms with Crippen molar-refractivity contribution >= 4 is 23.5 Å².